The second-order valence-corrected chi connectivity index (χ2v) is 6.69. The van der Waals surface area contributed by atoms with Crippen LogP contribution < -0.4 is 20.7 Å². The van der Waals surface area contributed by atoms with Gasteiger partial charge >= 0.3 is 6.03 Å². The molecule has 2 heterocycles. The zero-order valence-corrected chi connectivity index (χ0v) is 18.1. The zero-order chi connectivity index (χ0) is 26.5. The normalized spacial score (nSPS) is 11.9. The van der Waals surface area contributed by atoms with Crippen LogP contribution in [0.15, 0.2) is 30.6 Å². The summed E-state index contributed by atoms with van der Waals surface area (Å²) in [5.41, 5.74) is 0.666. The highest BCUT2D eigenvalue weighted by atomic mass is 16.5. The summed E-state index contributed by atoms with van der Waals surface area (Å²) in [6.07, 6.45) is 6.77. The van der Waals surface area contributed by atoms with Gasteiger partial charge in [-0.2, -0.15) is 5.10 Å². The SMILES string of the molecule is [2H]C([2H])([2H])NC(=O)c1nnc(NC(=O)N(C)CC#C)cc1Nc1cccc(-c2ncn(C)n2)c1OC. The van der Waals surface area contributed by atoms with Crippen molar-refractivity contribution in [2.24, 2.45) is 7.05 Å². The number of nitrogens with one attached hydrogen (secondary N) is 3. The van der Waals surface area contributed by atoms with Crippen molar-refractivity contribution >= 4 is 29.1 Å². The van der Waals surface area contributed by atoms with Crippen LogP contribution in [0.2, 0.25) is 0 Å². The topological polar surface area (TPSA) is 139 Å². The number of amides is 3. The fraction of sp³-hybridized carbons (Fsp3) is 0.238. The number of hydrogen-bond donors (Lipinski definition) is 3. The molecule has 0 saturated carbocycles. The number of terminal acetylenes is 1. The van der Waals surface area contributed by atoms with Gasteiger partial charge in [0.2, 0.25) is 0 Å². The summed E-state index contributed by atoms with van der Waals surface area (Å²) in [7, 11) is 4.66. The summed E-state index contributed by atoms with van der Waals surface area (Å²) < 4.78 is 29.1. The van der Waals surface area contributed by atoms with Crippen LogP contribution in [0, 0.1) is 12.3 Å². The molecule has 33 heavy (non-hydrogen) atoms. The third kappa shape index (κ3) is 5.16. The minimum absolute atomic E-state index is 0.0154. The van der Waals surface area contributed by atoms with Crippen LogP contribution in [-0.2, 0) is 7.05 Å². The summed E-state index contributed by atoms with van der Waals surface area (Å²) >= 11 is 0. The Morgan fingerprint density at radius 3 is 2.82 bits per heavy atom. The van der Waals surface area contributed by atoms with E-state index in [-0.39, 0.29) is 23.7 Å². The van der Waals surface area contributed by atoms with E-state index in [2.05, 4.69) is 36.8 Å². The third-order valence-corrected chi connectivity index (χ3v) is 4.36. The number of anilines is 3. The molecule has 3 N–H and O–H groups in total. The number of carbonyl (C=O) groups excluding carboxylic acids is 2. The quantitative estimate of drug-likeness (QED) is 0.458. The molecule has 3 rings (SSSR count). The van der Waals surface area contributed by atoms with Crippen molar-refractivity contribution in [3.8, 4) is 29.5 Å². The Balaban J connectivity index is 2.04. The largest absolute Gasteiger partial charge is 0.494 e. The first-order chi connectivity index (χ1) is 17.0. The van der Waals surface area contributed by atoms with Gasteiger partial charge in [-0.05, 0) is 12.1 Å². The van der Waals surface area contributed by atoms with E-state index in [1.54, 1.807) is 25.2 Å². The zero-order valence-electron chi connectivity index (χ0n) is 21.1. The maximum Gasteiger partial charge on any atom is 0.323 e. The monoisotopic (exact) mass is 452 g/mol. The van der Waals surface area contributed by atoms with Crippen molar-refractivity contribution in [1.82, 2.24) is 35.2 Å². The molecule has 12 heteroatoms. The molecular weight excluding hydrogens is 426 g/mol. The number of para-hydroxylation sites is 1. The summed E-state index contributed by atoms with van der Waals surface area (Å²) in [4.78, 5) is 30.5. The van der Waals surface area contributed by atoms with E-state index >= 15 is 0 Å². The highest BCUT2D eigenvalue weighted by molar-refractivity contribution is 5.99. The predicted molar refractivity (Wildman–Crippen MR) is 122 cm³/mol. The predicted octanol–water partition coefficient (Wildman–Crippen LogP) is 1.48. The lowest BCUT2D eigenvalue weighted by Crippen LogP contribution is -2.32. The van der Waals surface area contributed by atoms with Crippen LogP contribution in [0.1, 0.15) is 14.6 Å². The van der Waals surface area contributed by atoms with Crippen LogP contribution >= 0.6 is 0 Å². The molecule has 12 nitrogen and oxygen atoms in total. The number of aryl methyl sites for hydroxylation is 1. The molecule has 3 aromatic rings. The fourth-order valence-electron chi connectivity index (χ4n) is 2.83. The van der Waals surface area contributed by atoms with Gasteiger partial charge in [-0.3, -0.25) is 14.8 Å². The maximum atomic E-state index is 12.7. The number of benzene rings is 1. The molecule has 1 aromatic carbocycles. The Morgan fingerprint density at radius 1 is 1.33 bits per heavy atom. The number of rotatable bonds is 7. The maximum absolute atomic E-state index is 12.7. The number of methoxy groups -OCH3 is 1. The van der Waals surface area contributed by atoms with Crippen molar-refractivity contribution in [3.63, 3.8) is 0 Å². The van der Waals surface area contributed by atoms with E-state index in [0.717, 1.165) is 0 Å². The Labute approximate surface area is 194 Å². The molecular formula is C21H23N9O3. The highest BCUT2D eigenvalue weighted by Gasteiger charge is 2.19. The molecule has 3 amide bonds. The Hall–Kier alpha value is -4.66. The smallest absolute Gasteiger partial charge is 0.323 e. The first-order valence-electron chi connectivity index (χ1n) is 11.0. The lowest BCUT2D eigenvalue weighted by atomic mass is 10.1. The van der Waals surface area contributed by atoms with Crippen LogP contribution in [0.5, 0.6) is 5.75 Å². The number of aromatic nitrogens is 5. The average molecular weight is 452 g/mol. The minimum atomic E-state index is -2.76. The molecule has 0 bridgehead atoms. The van der Waals surface area contributed by atoms with Gasteiger partial charge in [0.05, 0.1) is 30.6 Å². The van der Waals surface area contributed by atoms with Crippen LogP contribution in [0.25, 0.3) is 11.4 Å². The molecule has 0 unspecified atom stereocenters. The Morgan fingerprint density at radius 2 is 2.15 bits per heavy atom. The van der Waals surface area contributed by atoms with Crippen molar-refractivity contribution in [3.05, 3.63) is 36.3 Å². The fourth-order valence-corrected chi connectivity index (χ4v) is 2.83. The molecule has 0 spiro atoms. The molecule has 0 fully saturated rings. The Kier molecular flexibility index (Phi) is 5.83. The van der Waals surface area contributed by atoms with Gasteiger partial charge in [0.1, 0.15) is 6.33 Å². The number of ether oxygens (including phenoxy) is 1. The van der Waals surface area contributed by atoms with Crippen molar-refractivity contribution < 1.29 is 18.4 Å². The number of urea groups is 1. The van der Waals surface area contributed by atoms with E-state index in [0.29, 0.717) is 22.8 Å². The summed E-state index contributed by atoms with van der Waals surface area (Å²) in [5, 5.41) is 19.4. The van der Waals surface area contributed by atoms with E-state index in [4.69, 9.17) is 15.3 Å². The van der Waals surface area contributed by atoms with Gasteiger partial charge in [0.15, 0.2) is 23.1 Å². The van der Waals surface area contributed by atoms with Gasteiger partial charge in [-0.1, -0.05) is 12.0 Å². The minimum Gasteiger partial charge on any atom is -0.494 e. The summed E-state index contributed by atoms with van der Waals surface area (Å²) in [6, 6.07) is 5.89. The van der Waals surface area contributed by atoms with Gasteiger partial charge in [0, 0.05) is 31.2 Å². The van der Waals surface area contributed by atoms with Crippen LogP contribution in [0.3, 0.4) is 0 Å². The van der Waals surface area contributed by atoms with E-state index in [1.807, 2.05) is 5.32 Å². The molecule has 0 radical (unpaired) electrons. The lowest BCUT2D eigenvalue weighted by Gasteiger charge is -2.17. The van der Waals surface area contributed by atoms with Gasteiger partial charge < -0.3 is 20.3 Å². The Bertz CT molecular complexity index is 1320. The molecule has 0 atom stereocenters. The standard InChI is InChI=1S/C21H23N9O3/c1-6-10-29(3)21(32)25-16-11-15(17(27-26-16)20(31)22-2)24-14-9-7-8-13(18(14)33-5)19-23-12-30(4)28-19/h1,7-9,11-12H,10H2,2-5H3,(H,22,31)(H2,24,25,26,32)/i2D3. The molecule has 0 saturated heterocycles. The number of hydrogen-bond acceptors (Lipinski definition) is 8. The van der Waals surface area contributed by atoms with Crippen LogP contribution in [0.4, 0.5) is 22.0 Å². The van der Waals surface area contributed by atoms with Crippen molar-refractivity contribution in [2.75, 3.05) is 38.3 Å². The first kappa shape index (κ1) is 19.1. The van der Waals surface area contributed by atoms with Crippen LogP contribution in [-0.4, -0.2) is 69.5 Å². The average Bonchev–Trinajstić information content (AvgIpc) is 3.24. The second-order valence-electron chi connectivity index (χ2n) is 6.69. The highest BCUT2D eigenvalue weighted by Crippen LogP contribution is 2.37. The molecule has 2 aromatic heterocycles. The number of carbonyl (C=O) groups is 2. The van der Waals surface area contributed by atoms with Crippen molar-refractivity contribution in [1.29, 1.82) is 0 Å². The van der Waals surface area contributed by atoms with Crippen molar-refractivity contribution in [2.45, 2.75) is 0 Å². The summed E-state index contributed by atoms with van der Waals surface area (Å²) in [5.74, 6) is 2.07. The van der Waals surface area contributed by atoms with Gasteiger partial charge in [0.25, 0.3) is 5.91 Å². The summed E-state index contributed by atoms with van der Waals surface area (Å²) in [6.45, 7) is -2.71. The van der Waals surface area contributed by atoms with E-state index < -0.39 is 18.9 Å². The van der Waals surface area contributed by atoms with E-state index in [9.17, 15) is 9.59 Å². The first-order valence-corrected chi connectivity index (χ1v) is 9.48. The lowest BCUT2D eigenvalue weighted by molar-refractivity contribution is 0.0958. The molecule has 0 aliphatic heterocycles. The molecule has 170 valence electrons. The van der Waals surface area contributed by atoms with Gasteiger partial charge in [-0.25, -0.2) is 9.78 Å². The second kappa shape index (κ2) is 10.1. The van der Waals surface area contributed by atoms with Gasteiger partial charge in [-0.15, -0.1) is 16.6 Å². The van der Waals surface area contributed by atoms with E-state index in [1.165, 1.54) is 36.1 Å². The molecule has 0 aliphatic carbocycles. The third-order valence-electron chi connectivity index (χ3n) is 4.36. The number of nitrogens with zero attached hydrogens (tertiary/aromatic N) is 6. The molecule has 0 aliphatic rings.